The van der Waals surface area contributed by atoms with Crippen molar-refractivity contribution in [3.8, 4) is 5.75 Å². The molecule has 0 fully saturated rings. The molecule has 0 spiro atoms. The van der Waals surface area contributed by atoms with Crippen LogP contribution in [0.15, 0.2) is 40.9 Å². The van der Waals surface area contributed by atoms with Crippen LogP contribution in [0.25, 0.3) is 0 Å². The lowest BCUT2D eigenvalue weighted by Gasteiger charge is -2.23. The number of benzene rings is 2. The summed E-state index contributed by atoms with van der Waals surface area (Å²) < 4.78 is 6.44. The number of aryl methyl sites for hydroxylation is 1. The molecule has 1 aliphatic heterocycles. The van der Waals surface area contributed by atoms with Gasteiger partial charge in [-0.3, -0.25) is 0 Å². The van der Waals surface area contributed by atoms with Crippen LogP contribution in [0.5, 0.6) is 5.75 Å². The lowest BCUT2D eigenvalue weighted by atomic mass is 9.86. The zero-order valence-electron chi connectivity index (χ0n) is 13.6. The fraction of sp³-hybridized carbons (Fsp3) is 0.368. The lowest BCUT2D eigenvalue weighted by molar-refractivity contribution is 0.414. The topological polar surface area (TPSA) is 12.5 Å². The molecule has 0 bridgehead atoms. The van der Waals surface area contributed by atoms with E-state index in [0.717, 1.165) is 18.8 Å². The van der Waals surface area contributed by atoms with Crippen LogP contribution in [0.1, 0.15) is 30.5 Å². The number of methoxy groups -OCH3 is 1. The normalized spacial score (nSPS) is 15.8. The van der Waals surface area contributed by atoms with Crippen LogP contribution in [0.4, 0.5) is 5.69 Å². The van der Waals surface area contributed by atoms with E-state index >= 15 is 0 Å². The molecule has 22 heavy (non-hydrogen) atoms. The number of fused-ring (bicyclic) bond motifs is 1. The monoisotopic (exact) mass is 359 g/mol. The minimum Gasteiger partial charge on any atom is -0.497 e. The molecular weight excluding hydrogens is 338 g/mol. The minimum atomic E-state index is 0.177. The van der Waals surface area contributed by atoms with Crippen LogP contribution in [0, 0.1) is 6.92 Å². The van der Waals surface area contributed by atoms with Crippen molar-refractivity contribution in [3.05, 3.63) is 57.6 Å². The fourth-order valence-corrected chi connectivity index (χ4v) is 4.12. The Bertz CT molecular complexity index is 691. The van der Waals surface area contributed by atoms with Crippen LogP contribution in [0.2, 0.25) is 0 Å². The van der Waals surface area contributed by atoms with Crippen LogP contribution in [-0.2, 0) is 12.0 Å². The molecular formula is C19H22BrNO. The summed E-state index contributed by atoms with van der Waals surface area (Å²) in [5.41, 5.74) is 5.57. The smallest absolute Gasteiger partial charge is 0.118 e. The Labute approximate surface area is 141 Å². The highest BCUT2D eigenvalue weighted by Crippen LogP contribution is 2.45. The molecule has 0 N–H and O–H groups in total. The first-order chi connectivity index (χ1) is 10.4. The van der Waals surface area contributed by atoms with E-state index in [0.29, 0.717) is 0 Å². The summed E-state index contributed by atoms with van der Waals surface area (Å²) >= 11 is 3.76. The first-order valence-corrected chi connectivity index (χ1v) is 8.38. The Morgan fingerprint density at radius 1 is 1.18 bits per heavy atom. The SMILES string of the molecule is COc1ccc(CN2CC(C)(C)c3cc(C)cc(Br)c32)cc1. The van der Waals surface area contributed by atoms with Crippen LogP contribution < -0.4 is 9.64 Å². The third-order valence-electron chi connectivity index (χ3n) is 4.37. The molecule has 0 unspecified atom stereocenters. The largest absolute Gasteiger partial charge is 0.497 e. The molecule has 0 aliphatic carbocycles. The van der Waals surface area contributed by atoms with E-state index in [1.165, 1.54) is 26.9 Å². The number of anilines is 1. The van der Waals surface area contributed by atoms with Crippen molar-refractivity contribution >= 4 is 21.6 Å². The predicted octanol–water partition coefficient (Wildman–Crippen LogP) is 5.06. The summed E-state index contributed by atoms with van der Waals surface area (Å²) in [6.45, 7) is 8.77. The van der Waals surface area contributed by atoms with Gasteiger partial charge in [0.15, 0.2) is 0 Å². The van der Waals surface area contributed by atoms with Crippen LogP contribution in [0.3, 0.4) is 0 Å². The van der Waals surface area contributed by atoms with Gasteiger partial charge in [-0.05, 0) is 57.7 Å². The average molecular weight is 360 g/mol. The highest BCUT2D eigenvalue weighted by Gasteiger charge is 2.36. The first kappa shape index (κ1) is 15.4. The van der Waals surface area contributed by atoms with Crippen molar-refractivity contribution in [1.82, 2.24) is 0 Å². The third kappa shape index (κ3) is 2.74. The van der Waals surface area contributed by atoms with E-state index in [1.807, 2.05) is 12.1 Å². The maximum Gasteiger partial charge on any atom is 0.118 e. The summed E-state index contributed by atoms with van der Waals surface area (Å²) in [6, 6.07) is 12.9. The number of nitrogens with zero attached hydrogens (tertiary/aromatic N) is 1. The quantitative estimate of drug-likeness (QED) is 0.758. The molecule has 1 heterocycles. The third-order valence-corrected chi connectivity index (χ3v) is 4.98. The Morgan fingerprint density at radius 2 is 1.86 bits per heavy atom. The highest BCUT2D eigenvalue weighted by atomic mass is 79.9. The standard InChI is InChI=1S/C19H22BrNO/c1-13-9-16-18(17(20)10-13)21(12-19(16,2)3)11-14-5-7-15(22-4)8-6-14/h5-10H,11-12H2,1-4H3. The van der Waals surface area contributed by atoms with Gasteiger partial charge >= 0.3 is 0 Å². The lowest BCUT2D eigenvalue weighted by Crippen LogP contribution is -2.28. The number of rotatable bonds is 3. The zero-order valence-corrected chi connectivity index (χ0v) is 15.2. The van der Waals surface area contributed by atoms with Crippen molar-refractivity contribution in [1.29, 1.82) is 0 Å². The molecule has 0 aromatic heterocycles. The summed E-state index contributed by atoms with van der Waals surface area (Å²) in [4.78, 5) is 2.47. The van der Waals surface area contributed by atoms with Gasteiger partial charge in [0.1, 0.15) is 5.75 Å². The number of halogens is 1. The van der Waals surface area contributed by atoms with Gasteiger partial charge in [-0.2, -0.15) is 0 Å². The van der Waals surface area contributed by atoms with E-state index in [1.54, 1.807) is 7.11 Å². The van der Waals surface area contributed by atoms with Gasteiger partial charge in [-0.1, -0.05) is 32.0 Å². The van der Waals surface area contributed by atoms with E-state index in [2.05, 4.69) is 65.9 Å². The van der Waals surface area contributed by atoms with Gasteiger partial charge in [0, 0.05) is 23.0 Å². The Hall–Kier alpha value is -1.48. The first-order valence-electron chi connectivity index (χ1n) is 7.59. The van der Waals surface area contributed by atoms with Gasteiger partial charge in [-0.25, -0.2) is 0 Å². The molecule has 0 saturated heterocycles. The maximum atomic E-state index is 5.24. The highest BCUT2D eigenvalue weighted by molar-refractivity contribution is 9.10. The summed E-state index contributed by atoms with van der Waals surface area (Å²) in [6.07, 6.45) is 0. The van der Waals surface area contributed by atoms with Crippen molar-refractivity contribution in [2.24, 2.45) is 0 Å². The van der Waals surface area contributed by atoms with Crippen molar-refractivity contribution in [3.63, 3.8) is 0 Å². The molecule has 116 valence electrons. The molecule has 3 heteroatoms. The second-order valence-corrected chi connectivity index (χ2v) is 7.59. The average Bonchev–Trinajstić information content (AvgIpc) is 2.71. The van der Waals surface area contributed by atoms with Crippen molar-refractivity contribution in [2.75, 3.05) is 18.6 Å². The number of hydrogen-bond donors (Lipinski definition) is 0. The van der Waals surface area contributed by atoms with E-state index < -0.39 is 0 Å². The second-order valence-electron chi connectivity index (χ2n) is 6.73. The minimum absolute atomic E-state index is 0.177. The van der Waals surface area contributed by atoms with Crippen LogP contribution in [-0.4, -0.2) is 13.7 Å². The molecule has 0 amide bonds. The Kier molecular flexibility index (Phi) is 3.94. The molecule has 0 saturated carbocycles. The molecule has 2 aromatic rings. The van der Waals surface area contributed by atoms with Gasteiger partial charge < -0.3 is 9.64 Å². The molecule has 0 atom stereocenters. The summed E-state index contributed by atoms with van der Waals surface area (Å²) in [7, 11) is 1.70. The van der Waals surface area contributed by atoms with Crippen molar-refractivity contribution in [2.45, 2.75) is 32.7 Å². The van der Waals surface area contributed by atoms with Gasteiger partial charge in [0.05, 0.1) is 12.8 Å². The number of hydrogen-bond acceptors (Lipinski definition) is 2. The second kappa shape index (κ2) is 5.62. The van der Waals surface area contributed by atoms with Gasteiger partial charge in [-0.15, -0.1) is 0 Å². The molecule has 0 radical (unpaired) electrons. The molecule has 3 rings (SSSR count). The molecule has 2 nitrogen and oxygen atoms in total. The van der Waals surface area contributed by atoms with Crippen LogP contribution >= 0.6 is 15.9 Å². The Balaban J connectivity index is 1.94. The molecule has 2 aromatic carbocycles. The van der Waals surface area contributed by atoms with Crippen molar-refractivity contribution < 1.29 is 4.74 Å². The number of ether oxygens (including phenoxy) is 1. The van der Waals surface area contributed by atoms with Gasteiger partial charge in [0.2, 0.25) is 0 Å². The predicted molar refractivity (Wildman–Crippen MR) is 95.9 cm³/mol. The van der Waals surface area contributed by atoms with Gasteiger partial charge in [0.25, 0.3) is 0 Å². The summed E-state index contributed by atoms with van der Waals surface area (Å²) in [5.74, 6) is 0.905. The zero-order chi connectivity index (χ0) is 15.9. The fourth-order valence-electron chi connectivity index (χ4n) is 3.30. The Morgan fingerprint density at radius 3 is 2.50 bits per heavy atom. The maximum absolute atomic E-state index is 5.24. The van der Waals surface area contributed by atoms with E-state index in [-0.39, 0.29) is 5.41 Å². The van der Waals surface area contributed by atoms with E-state index in [4.69, 9.17) is 4.74 Å². The summed E-state index contributed by atoms with van der Waals surface area (Å²) in [5, 5.41) is 0. The van der Waals surface area contributed by atoms with E-state index in [9.17, 15) is 0 Å². The molecule has 1 aliphatic rings.